The van der Waals surface area contributed by atoms with E-state index >= 15 is 0 Å². The van der Waals surface area contributed by atoms with Crippen molar-refractivity contribution in [3.8, 4) is 17.6 Å². The molecule has 3 aromatic rings. The number of hydrogen-bond donors (Lipinski definition) is 4. The van der Waals surface area contributed by atoms with Crippen LogP contribution in [0, 0.1) is 11.8 Å². The zero-order valence-electron chi connectivity index (χ0n) is 27.2. The number of ether oxygens (including phenoxy) is 1. The topological polar surface area (TPSA) is 125 Å². The van der Waals surface area contributed by atoms with Gasteiger partial charge >= 0.3 is 12.1 Å². The minimum absolute atomic E-state index is 0.0464. The largest absolute Gasteiger partial charge is 0.495 e. The van der Waals surface area contributed by atoms with Crippen molar-refractivity contribution in [1.29, 1.82) is 0 Å². The summed E-state index contributed by atoms with van der Waals surface area (Å²) in [7, 11) is 3.00. The van der Waals surface area contributed by atoms with Crippen LogP contribution in [0.15, 0.2) is 42.5 Å². The second kappa shape index (κ2) is 16.8. The average Bonchev–Trinajstić information content (AvgIpc) is 3.40. The summed E-state index contributed by atoms with van der Waals surface area (Å²) in [5.74, 6) is 5.27. The normalized spacial score (nSPS) is 13.5. The number of nitrogens with zero attached hydrogens (tertiary/aromatic N) is 2. The van der Waals surface area contributed by atoms with Crippen molar-refractivity contribution in [1.82, 2.24) is 14.8 Å². The van der Waals surface area contributed by atoms with E-state index in [-0.39, 0.29) is 36.5 Å². The van der Waals surface area contributed by atoms with Crippen LogP contribution in [0.1, 0.15) is 67.4 Å². The number of carbonyl (C=O) groups is 3. The number of anilines is 2. The molecule has 2 heterocycles. The first-order valence-electron chi connectivity index (χ1n) is 16.1. The zero-order valence-corrected chi connectivity index (χ0v) is 27.2. The number of benzene rings is 2. The molecule has 1 aliphatic rings. The number of piperidine rings is 1. The molecule has 1 fully saturated rings. The van der Waals surface area contributed by atoms with Crippen LogP contribution in [0.25, 0.3) is 10.9 Å². The molecule has 0 atom stereocenters. The van der Waals surface area contributed by atoms with Gasteiger partial charge in [-0.3, -0.25) is 14.4 Å². The number of hydrogen-bond acceptors (Lipinski definition) is 6. The van der Waals surface area contributed by atoms with Gasteiger partial charge in [-0.2, -0.15) is 13.2 Å². The Labute approximate surface area is 278 Å². The van der Waals surface area contributed by atoms with Crippen molar-refractivity contribution in [3.63, 3.8) is 0 Å². The van der Waals surface area contributed by atoms with Gasteiger partial charge in [0.1, 0.15) is 12.3 Å². The van der Waals surface area contributed by atoms with E-state index in [0.717, 1.165) is 19.3 Å². The molecule has 0 spiro atoms. The summed E-state index contributed by atoms with van der Waals surface area (Å²) in [4.78, 5) is 37.1. The maximum atomic E-state index is 13.7. The van der Waals surface area contributed by atoms with E-state index in [1.807, 2.05) is 11.0 Å². The van der Waals surface area contributed by atoms with Gasteiger partial charge in [-0.1, -0.05) is 24.8 Å². The highest BCUT2D eigenvalue weighted by Crippen LogP contribution is 2.31. The van der Waals surface area contributed by atoms with Crippen LogP contribution in [0.5, 0.6) is 5.75 Å². The van der Waals surface area contributed by atoms with E-state index < -0.39 is 18.7 Å². The molecule has 1 aliphatic heterocycles. The summed E-state index contributed by atoms with van der Waals surface area (Å²) in [6.07, 6.45) is 0.496. The lowest BCUT2D eigenvalue weighted by atomic mass is 10.0. The fraction of sp³-hybridized carbons (Fsp3) is 0.457. The molecule has 10 nitrogen and oxygen atoms in total. The third kappa shape index (κ3) is 10.1. The first kappa shape index (κ1) is 36.0. The predicted octanol–water partition coefficient (Wildman–Crippen LogP) is 5.86. The number of halogens is 3. The SMILES string of the molecule is CNC(=O)c1ccc(NCC#Cc2cc3c(NC4CCN(C(=O)CCCCCCC(=O)O)CC4)cccc3n2CC(F)(F)F)c(OC)c1. The van der Waals surface area contributed by atoms with Crippen LogP contribution < -0.4 is 20.7 Å². The standard InChI is InChI=1S/C35H42F3N5O5/c1-39-34(47)24-14-15-29(31(21-24)48-2)40-18-8-9-26-22-27-28(10-7-11-30(27)43(26)23-35(36,37)38)41-25-16-19-42(20-17-25)32(44)12-5-3-4-6-13-33(45)46/h7,10-11,14-15,21-22,25,40-41H,3-6,12-13,16-20,23H2,1-2H3,(H,39,47)(H,45,46). The molecule has 13 heteroatoms. The smallest absolute Gasteiger partial charge is 0.406 e. The van der Waals surface area contributed by atoms with Crippen LogP contribution in [0.3, 0.4) is 0 Å². The number of nitrogens with one attached hydrogen (secondary N) is 3. The Kier molecular flexibility index (Phi) is 12.6. The number of amides is 2. The van der Waals surface area contributed by atoms with Crippen molar-refractivity contribution in [2.45, 2.75) is 70.1 Å². The number of carbonyl (C=O) groups excluding carboxylic acids is 2. The number of methoxy groups -OCH3 is 1. The highest BCUT2D eigenvalue weighted by molar-refractivity contribution is 5.95. The third-order valence-electron chi connectivity index (χ3n) is 8.30. The molecular weight excluding hydrogens is 627 g/mol. The average molecular weight is 670 g/mol. The Morgan fingerprint density at radius 1 is 1.00 bits per heavy atom. The molecule has 1 saturated heterocycles. The molecule has 0 unspecified atom stereocenters. The van der Waals surface area contributed by atoms with Gasteiger partial charge in [-0.05, 0) is 68.0 Å². The number of likely N-dealkylation sites (tertiary alicyclic amines) is 1. The summed E-state index contributed by atoms with van der Waals surface area (Å²) in [5.41, 5.74) is 2.36. The first-order valence-corrected chi connectivity index (χ1v) is 16.1. The fourth-order valence-corrected chi connectivity index (χ4v) is 5.82. The number of aliphatic carboxylic acids is 1. The van der Waals surface area contributed by atoms with Crippen molar-refractivity contribution in [2.75, 3.05) is 44.4 Å². The van der Waals surface area contributed by atoms with Crippen LogP contribution in [0.4, 0.5) is 24.5 Å². The second-order valence-corrected chi connectivity index (χ2v) is 11.7. The molecule has 2 aromatic carbocycles. The predicted molar refractivity (Wildman–Crippen MR) is 178 cm³/mol. The van der Waals surface area contributed by atoms with E-state index in [2.05, 4.69) is 27.8 Å². The summed E-state index contributed by atoms with van der Waals surface area (Å²) >= 11 is 0. The number of unbranched alkanes of at least 4 members (excludes halogenated alkanes) is 3. The molecule has 4 N–H and O–H groups in total. The summed E-state index contributed by atoms with van der Waals surface area (Å²) in [6.45, 7) is 0.107. The minimum atomic E-state index is -4.46. The lowest BCUT2D eigenvalue weighted by molar-refractivity contribution is -0.140. The maximum absolute atomic E-state index is 13.7. The van der Waals surface area contributed by atoms with Crippen LogP contribution in [-0.4, -0.2) is 78.4 Å². The molecule has 1 aromatic heterocycles. The number of aromatic nitrogens is 1. The zero-order chi connectivity index (χ0) is 34.7. The van der Waals surface area contributed by atoms with Gasteiger partial charge in [0.05, 0.1) is 30.6 Å². The monoisotopic (exact) mass is 669 g/mol. The lowest BCUT2D eigenvalue weighted by Gasteiger charge is -2.33. The van der Waals surface area contributed by atoms with Crippen LogP contribution >= 0.6 is 0 Å². The Hall–Kier alpha value is -4.86. The van der Waals surface area contributed by atoms with Gasteiger partial charge in [-0.25, -0.2) is 0 Å². The van der Waals surface area contributed by atoms with Crippen LogP contribution in [-0.2, 0) is 16.1 Å². The molecule has 0 saturated carbocycles. The van der Waals surface area contributed by atoms with Crippen molar-refractivity contribution < 1.29 is 37.4 Å². The van der Waals surface area contributed by atoms with E-state index in [1.165, 1.54) is 18.7 Å². The highest BCUT2D eigenvalue weighted by atomic mass is 19.4. The van der Waals surface area contributed by atoms with Gasteiger partial charge in [0, 0.05) is 55.7 Å². The number of rotatable bonds is 14. The summed E-state index contributed by atoms with van der Waals surface area (Å²) in [5, 5.41) is 18.5. The third-order valence-corrected chi connectivity index (χ3v) is 8.30. The first-order chi connectivity index (χ1) is 23.0. The Morgan fingerprint density at radius 2 is 1.73 bits per heavy atom. The highest BCUT2D eigenvalue weighted by Gasteiger charge is 2.30. The number of carboxylic acid groups (broad SMARTS) is 1. The van der Waals surface area contributed by atoms with Gasteiger partial charge in [0.2, 0.25) is 5.91 Å². The van der Waals surface area contributed by atoms with Gasteiger partial charge < -0.3 is 35.3 Å². The van der Waals surface area contributed by atoms with Gasteiger partial charge in [0.25, 0.3) is 5.91 Å². The number of carboxylic acids is 1. The molecule has 2 amide bonds. The van der Waals surface area contributed by atoms with Crippen molar-refractivity contribution in [2.24, 2.45) is 0 Å². The van der Waals surface area contributed by atoms with Gasteiger partial charge in [0.15, 0.2) is 0 Å². The maximum Gasteiger partial charge on any atom is 0.406 e. The van der Waals surface area contributed by atoms with Crippen molar-refractivity contribution in [3.05, 3.63) is 53.7 Å². The summed E-state index contributed by atoms with van der Waals surface area (Å²) in [6, 6.07) is 11.8. The molecule has 48 heavy (non-hydrogen) atoms. The summed E-state index contributed by atoms with van der Waals surface area (Å²) < 4.78 is 47.6. The van der Waals surface area contributed by atoms with E-state index in [9.17, 15) is 27.6 Å². The Bertz CT molecular complexity index is 1650. The molecule has 0 aliphatic carbocycles. The molecular formula is C35H42F3N5O5. The fourth-order valence-electron chi connectivity index (χ4n) is 5.82. The Morgan fingerprint density at radius 3 is 2.40 bits per heavy atom. The number of fused-ring (bicyclic) bond motifs is 1. The van der Waals surface area contributed by atoms with Crippen LogP contribution in [0.2, 0.25) is 0 Å². The lowest BCUT2D eigenvalue weighted by Crippen LogP contribution is -2.42. The molecule has 0 radical (unpaired) electrons. The van der Waals surface area contributed by atoms with E-state index in [4.69, 9.17) is 9.84 Å². The molecule has 0 bridgehead atoms. The quantitative estimate of drug-likeness (QED) is 0.125. The van der Waals surface area contributed by atoms with Gasteiger partial charge in [-0.15, -0.1) is 0 Å². The molecule has 258 valence electrons. The second-order valence-electron chi connectivity index (χ2n) is 11.7. The van der Waals surface area contributed by atoms with Crippen molar-refractivity contribution >= 4 is 40.1 Å². The number of alkyl halides is 3. The van der Waals surface area contributed by atoms with E-state index in [1.54, 1.807) is 36.4 Å². The Balaban J connectivity index is 1.41. The molecule has 4 rings (SSSR count). The van der Waals surface area contributed by atoms with E-state index in [0.29, 0.717) is 72.4 Å². The minimum Gasteiger partial charge on any atom is -0.495 e.